The molecule has 0 spiro atoms. The lowest BCUT2D eigenvalue weighted by Crippen LogP contribution is -2.04. The van der Waals surface area contributed by atoms with E-state index >= 15 is 0 Å². The van der Waals surface area contributed by atoms with Gasteiger partial charge in [-0.25, -0.2) is 4.98 Å². The van der Waals surface area contributed by atoms with Crippen molar-refractivity contribution in [3.05, 3.63) is 48.2 Å². The average molecular weight is 231 g/mol. The summed E-state index contributed by atoms with van der Waals surface area (Å²) in [6.07, 6.45) is 5.48. The first-order valence-corrected chi connectivity index (χ1v) is 5.33. The Morgan fingerprint density at radius 3 is 2.65 bits per heavy atom. The number of pyridine rings is 1. The molecule has 0 fully saturated rings. The first-order chi connectivity index (χ1) is 8.38. The second kappa shape index (κ2) is 5.91. The molecule has 2 aromatic rings. The zero-order chi connectivity index (χ0) is 11.9. The predicted molar refractivity (Wildman–Crippen MR) is 61.4 cm³/mol. The molecule has 0 amide bonds. The summed E-state index contributed by atoms with van der Waals surface area (Å²) in [5.41, 5.74) is 1.51. The molecule has 0 radical (unpaired) electrons. The zero-order valence-electron chi connectivity index (χ0n) is 9.28. The number of aliphatic hydroxyl groups is 1. The Morgan fingerprint density at radius 1 is 1.06 bits per heavy atom. The molecule has 88 valence electrons. The Kier molecular flexibility index (Phi) is 3.99. The van der Waals surface area contributed by atoms with Gasteiger partial charge in [0.1, 0.15) is 0 Å². The SMILES string of the molecule is OCc1cnc(OCCc2ccccn2)cn1. The number of nitrogens with zero attached hydrogens (tertiary/aromatic N) is 3. The van der Waals surface area contributed by atoms with Crippen LogP contribution < -0.4 is 4.74 Å². The predicted octanol–water partition coefficient (Wildman–Crippen LogP) is 0.985. The van der Waals surface area contributed by atoms with Crippen LogP contribution in [-0.4, -0.2) is 26.7 Å². The highest BCUT2D eigenvalue weighted by Crippen LogP contribution is 2.04. The number of aromatic nitrogens is 3. The number of hydrogen-bond donors (Lipinski definition) is 1. The first kappa shape index (κ1) is 11.5. The third kappa shape index (κ3) is 3.49. The molecule has 0 aliphatic rings. The van der Waals surface area contributed by atoms with Crippen molar-refractivity contribution < 1.29 is 9.84 Å². The van der Waals surface area contributed by atoms with Crippen LogP contribution in [0.5, 0.6) is 5.88 Å². The Bertz CT molecular complexity index is 445. The third-order valence-electron chi connectivity index (χ3n) is 2.18. The fourth-order valence-electron chi connectivity index (χ4n) is 1.31. The number of rotatable bonds is 5. The maximum Gasteiger partial charge on any atom is 0.232 e. The summed E-state index contributed by atoms with van der Waals surface area (Å²) in [4.78, 5) is 12.2. The molecule has 1 N–H and O–H groups in total. The molecular weight excluding hydrogens is 218 g/mol. The Labute approximate surface area is 99.2 Å². The van der Waals surface area contributed by atoms with E-state index < -0.39 is 0 Å². The van der Waals surface area contributed by atoms with Crippen LogP contribution >= 0.6 is 0 Å². The number of hydrogen-bond acceptors (Lipinski definition) is 5. The standard InChI is InChI=1S/C12H13N3O2/c16-9-11-7-15-12(8-14-11)17-6-4-10-3-1-2-5-13-10/h1-3,5,7-8,16H,4,6,9H2. The molecule has 2 heterocycles. The van der Waals surface area contributed by atoms with E-state index in [1.54, 1.807) is 6.20 Å². The van der Waals surface area contributed by atoms with Gasteiger partial charge in [0.15, 0.2) is 0 Å². The Morgan fingerprint density at radius 2 is 2.00 bits per heavy atom. The molecule has 0 aliphatic carbocycles. The minimum atomic E-state index is -0.110. The summed E-state index contributed by atoms with van der Waals surface area (Å²) in [5.74, 6) is 0.457. The van der Waals surface area contributed by atoms with E-state index in [2.05, 4.69) is 15.0 Å². The molecule has 2 aromatic heterocycles. The summed E-state index contributed by atoms with van der Waals surface area (Å²) in [6.45, 7) is 0.394. The molecule has 0 unspecified atom stereocenters. The van der Waals surface area contributed by atoms with Crippen molar-refractivity contribution in [2.24, 2.45) is 0 Å². The molecule has 5 nitrogen and oxygen atoms in total. The van der Waals surface area contributed by atoms with Crippen LogP contribution in [-0.2, 0) is 13.0 Å². The van der Waals surface area contributed by atoms with Gasteiger partial charge in [-0.1, -0.05) is 6.07 Å². The summed E-state index contributed by atoms with van der Waals surface area (Å²) >= 11 is 0. The van der Waals surface area contributed by atoms with Gasteiger partial charge in [-0.05, 0) is 12.1 Å². The van der Waals surface area contributed by atoms with E-state index in [0.717, 1.165) is 12.1 Å². The van der Waals surface area contributed by atoms with E-state index in [1.165, 1.54) is 12.4 Å². The van der Waals surface area contributed by atoms with Crippen LogP contribution in [0.15, 0.2) is 36.8 Å². The third-order valence-corrected chi connectivity index (χ3v) is 2.18. The van der Waals surface area contributed by atoms with Crippen molar-refractivity contribution in [3.8, 4) is 5.88 Å². The van der Waals surface area contributed by atoms with Gasteiger partial charge in [-0.15, -0.1) is 0 Å². The van der Waals surface area contributed by atoms with Gasteiger partial charge >= 0.3 is 0 Å². The molecule has 2 rings (SSSR count). The minimum Gasteiger partial charge on any atom is -0.476 e. The van der Waals surface area contributed by atoms with Crippen LogP contribution in [0.1, 0.15) is 11.4 Å². The maximum absolute atomic E-state index is 8.80. The van der Waals surface area contributed by atoms with Crippen molar-refractivity contribution in [1.82, 2.24) is 15.0 Å². The number of aliphatic hydroxyl groups excluding tert-OH is 1. The van der Waals surface area contributed by atoms with Crippen molar-refractivity contribution in [3.63, 3.8) is 0 Å². The molecule has 17 heavy (non-hydrogen) atoms. The minimum absolute atomic E-state index is 0.110. The summed E-state index contributed by atoms with van der Waals surface area (Å²) in [5, 5.41) is 8.80. The van der Waals surface area contributed by atoms with Gasteiger partial charge in [0, 0.05) is 18.3 Å². The Balaban J connectivity index is 1.82. The monoisotopic (exact) mass is 231 g/mol. The summed E-state index contributed by atoms with van der Waals surface area (Å²) in [7, 11) is 0. The van der Waals surface area contributed by atoms with Gasteiger partial charge in [0.25, 0.3) is 0 Å². The van der Waals surface area contributed by atoms with Gasteiger partial charge in [-0.3, -0.25) is 9.97 Å². The highest BCUT2D eigenvalue weighted by Gasteiger charge is 1.98. The normalized spacial score (nSPS) is 10.2. The van der Waals surface area contributed by atoms with Crippen molar-refractivity contribution in [2.45, 2.75) is 13.0 Å². The van der Waals surface area contributed by atoms with Crippen LogP contribution in [0.3, 0.4) is 0 Å². The van der Waals surface area contributed by atoms with Gasteiger partial charge in [0.2, 0.25) is 5.88 Å². The van der Waals surface area contributed by atoms with Gasteiger partial charge in [0.05, 0.1) is 31.3 Å². The first-order valence-electron chi connectivity index (χ1n) is 5.33. The second-order valence-corrected chi connectivity index (χ2v) is 3.42. The lowest BCUT2D eigenvalue weighted by atomic mass is 10.3. The molecule has 0 bridgehead atoms. The van der Waals surface area contributed by atoms with E-state index in [0.29, 0.717) is 18.2 Å². The zero-order valence-corrected chi connectivity index (χ0v) is 9.28. The maximum atomic E-state index is 8.80. The van der Waals surface area contributed by atoms with Crippen LogP contribution in [0, 0.1) is 0 Å². The highest BCUT2D eigenvalue weighted by atomic mass is 16.5. The molecule has 0 atom stereocenters. The summed E-state index contributed by atoms with van der Waals surface area (Å²) in [6, 6.07) is 5.77. The van der Waals surface area contributed by atoms with E-state index in [9.17, 15) is 0 Å². The van der Waals surface area contributed by atoms with Crippen molar-refractivity contribution in [1.29, 1.82) is 0 Å². The topological polar surface area (TPSA) is 68.1 Å². The van der Waals surface area contributed by atoms with Gasteiger partial charge < -0.3 is 9.84 Å². The molecule has 0 saturated heterocycles. The van der Waals surface area contributed by atoms with Crippen LogP contribution in [0.25, 0.3) is 0 Å². The average Bonchev–Trinajstić information content (AvgIpc) is 2.41. The van der Waals surface area contributed by atoms with E-state index in [4.69, 9.17) is 9.84 Å². The molecule has 0 aromatic carbocycles. The molecule has 0 saturated carbocycles. The fourth-order valence-corrected chi connectivity index (χ4v) is 1.31. The lowest BCUT2D eigenvalue weighted by molar-refractivity contribution is 0.273. The van der Waals surface area contributed by atoms with E-state index in [1.807, 2.05) is 18.2 Å². The Hall–Kier alpha value is -2.01. The van der Waals surface area contributed by atoms with Gasteiger partial charge in [-0.2, -0.15) is 0 Å². The highest BCUT2D eigenvalue weighted by molar-refractivity contribution is 5.07. The molecule has 5 heteroatoms. The largest absolute Gasteiger partial charge is 0.476 e. The summed E-state index contributed by atoms with van der Waals surface area (Å²) < 4.78 is 5.41. The molecule has 0 aliphatic heterocycles. The molecular formula is C12H13N3O2. The quantitative estimate of drug-likeness (QED) is 0.831. The van der Waals surface area contributed by atoms with Crippen LogP contribution in [0.2, 0.25) is 0 Å². The smallest absolute Gasteiger partial charge is 0.232 e. The fraction of sp³-hybridized carbons (Fsp3) is 0.250. The number of ether oxygens (including phenoxy) is 1. The van der Waals surface area contributed by atoms with Crippen LogP contribution in [0.4, 0.5) is 0 Å². The second-order valence-electron chi connectivity index (χ2n) is 3.42. The van der Waals surface area contributed by atoms with Crippen molar-refractivity contribution in [2.75, 3.05) is 6.61 Å². The van der Waals surface area contributed by atoms with E-state index in [-0.39, 0.29) is 6.61 Å². The van der Waals surface area contributed by atoms with Crippen molar-refractivity contribution >= 4 is 0 Å². The lowest BCUT2D eigenvalue weighted by Gasteiger charge is -2.04.